The standard InChI is InChI=1S/C19H3F11/c20-3-1-2-4(21)11(22)5(3)6-7-9(14(25)18(29)16(27)12(7)23)10-8(6)13(24)17(28)19(30)15(10)26/h1-2,6H. The molecular weight excluding hydrogens is 437 g/mol. The average molecular weight is 440 g/mol. The van der Waals surface area contributed by atoms with Gasteiger partial charge < -0.3 is 0 Å². The molecule has 4 rings (SSSR count). The van der Waals surface area contributed by atoms with Crippen LogP contribution in [0.15, 0.2) is 12.1 Å². The van der Waals surface area contributed by atoms with Gasteiger partial charge in [0.25, 0.3) is 0 Å². The van der Waals surface area contributed by atoms with Gasteiger partial charge in [-0.15, -0.1) is 0 Å². The monoisotopic (exact) mass is 440 g/mol. The van der Waals surface area contributed by atoms with Gasteiger partial charge in [-0.05, 0) is 12.1 Å². The summed E-state index contributed by atoms with van der Waals surface area (Å²) in [6.07, 6.45) is 0. The minimum Gasteiger partial charge on any atom is -0.207 e. The first kappa shape index (κ1) is 20.2. The first-order valence-electron chi connectivity index (χ1n) is 7.86. The molecule has 0 nitrogen and oxygen atoms in total. The van der Waals surface area contributed by atoms with E-state index in [2.05, 4.69) is 0 Å². The van der Waals surface area contributed by atoms with E-state index < -0.39 is 97.7 Å². The van der Waals surface area contributed by atoms with Crippen molar-refractivity contribution in [1.82, 2.24) is 0 Å². The summed E-state index contributed by atoms with van der Waals surface area (Å²) < 4.78 is 155. The molecule has 30 heavy (non-hydrogen) atoms. The molecular formula is C19H3F11. The molecule has 3 aromatic carbocycles. The second kappa shape index (κ2) is 6.44. The molecule has 0 N–H and O–H groups in total. The quantitative estimate of drug-likeness (QED) is 0.183. The minimum absolute atomic E-state index is 0.259. The Hall–Kier alpha value is -3.11. The van der Waals surface area contributed by atoms with E-state index >= 15 is 0 Å². The highest BCUT2D eigenvalue weighted by molar-refractivity contribution is 5.82. The molecule has 0 atom stereocenters. The molecule has 3 aromatic rings. The van der Waals surface area contributed by atoms with Crippen LogP contribution in [0.5, 0.6) is 0 Å². The molecule has 0 amide bonds. The largest absolute Gasteiger partial charge is 0.207 e. The third-order valence-corrected chi connectivity index (χ3v) is 4.80. The predicted molar refractivity (Wildman–Crippen MR) is 78.8 cm³/mol. The SMILES string of the molecule is Fc1ccc(F)c(C2c3c(F)c(F)c(F)c(F)c3-c3c(F)c(F)c(F)c(F)c32)c1F. The van der Waals surface area contributed by atoms with E-state index in [0.717, 1.165) is 0 Å². The zero-order valence-electron chi connectivity index (χ0n) is 13.9. The highest BCUT2D eigenvalue weighted by Gasteiger charge is 2.46. The molecule has 0 aliphatic heterocycles. The van der Waals surface area contributed by atoms with Crippen molar-refractivity contribution in [1.29, 1.82) is 0 Å². The van der Waals surface area contributed by atoms with E-state index in [0.29, 0.717) is 0 Å². The Labute approximate surface area is 159 Å². The van der Waals surface area contributed by atoms with Crippen molar-refractivity contribution in [2.45, 2.75) is 5.92 Å². The Kier molecular flexibility index (Phi) is 4.33. The highest BCUT2D eigenvalue weighted by Crippen LogP contribution is 2.54. The number of rotatable bonds is 1. The summed E-state index contributed by atoms with van der Waals surface area (Å²) >= 11 is 0. The molecule has 11 heteroatoms. The van der Waals surface area contributed by atoms with Crippen LogP contribution in [0.25, 0.3) is 11.1 Å². The Morgan fingerprint density at radius 3 is 1.17 bits per heavy atom. The summed E-state index contributed by atoms with van der Waals surface area (Å²) in [5.74, 6) is -27.8. The van der Waals surface area contributed by atoms with E-state index in [1.54, 1.807) is 0 Å². The van der Waals surface area contributed by atoms with E-state index in [1.165, 1.54) is 0 Å². The lowest BCUT2D eigenvalue weighted by atomic mass is 9.87. The van der Waals surface area contributed by atoms with Gasteiger partial charge in [-0.3, -0.25) is 0 Å². The van der Waals surface area contributed by atoms with Crippen molar-refractivity contribution in [3.05, 3.63) is 92.8 Å². The zero-order valence-corrected chi connectivity index (χ0v) is 13.9. The highest BCUT2D eigenvalue weighted by atomic mass is 19.2. The molecule has 0 saturated heterocycles. The number of halogens is 11. The van der Waals surface area contributed by atoms with Gasteiger partial charge in [-0.25, -0.2) is 48.3 Å². The summed E-state index contributed by atoms with van der Waals surface area (Å²) in [7, 11) is 0. The molecule has 0 unspecified atom stereocenters. The lowest BCUT2D eigenvalue weighted by molar-refractivity contribution is 0.403. The average Bonchev–Trinajstić information content (AvgIpc) is 3.06. The second-order valence-corrected chi connectivity index (χ2v) is 6.28. The number of benzene rings is 3. The van der Waals surface area contributed by atoms with Crippen LogP contribution in [0.2, 0.25) is 0 Å². The zero-order chi connectivity index (χ0) is 22.2. The predicted octanol–water partition coefficient (Wildman–Crippen LogP) is 6.38. The number of hydrogen-bond acceptors (Lipinski definition) is 0. The fourth-order valence-corrected chi connectivity index (χ4v) is 3.57. The van der Waals surface area contributed by atoms with Crippen molar-refractivity contribution in [3.8, 4) is 11.1 Å². The Morgan fingerprint density at radius 1 is 0.367 bits per heavy atom. The first-order valence-corrected chi connectivity index (χ1v) is 7.86. The Balaban J connectivity index is 2.29. The van der Waals surface area contributed by atoms with E-state index in [4.69, 9.17) is 0 Å². The van der Waals surface area contributed by atoms with E-state index in [1.807, 2.05) is 0 Å². The van der Waals surface area contributed by atoms with Crippen molar-refractivity contribution < 1.29 is 48.3 Å². The number of hydrogen-bond donors (Lipinski definition) is 0. The van der Waals surface area contributed by atoms with Crippen LogP contribution in [-0.4, -0.2) is 0 Å². The van der Waals surface area contributed by atoms with Crippen LogP contribution in [0.4, 0.5) is 48.3 Å². The first-order chi connectivity index (χ1) is 14.0. The molecule has 0 heterocycles. The van der Waals surface area contributed by atoms with Gasteiger partial charge in [0.2, 0.25) is 0 Å². The van der Waals surface area contributed by atoms with Crippen LogP contribution in [0, 0.1) is 64.0 Å². The van der Waals surface area contributed by atoms with Crippen LogP contribution < -0.4 is 0 Å². The molecule has 0 radical (unpaired) electrons. The van der Waals surface area contributed by atoms with E-state index in [-0.39, 0.29) is 12.1 Å². The molecule has 156 valence electrons. The van der Waals surface area contributed by atoms with E-state index in [9.17, 15) is 48.3 Å². The molecule has 0 bridgehead atoms. The van der Waals surface area contributed by atoms with Crippen molar-refractivity contribution in [2.24, 2.45) is 0 Å². The lowest BCUT2D eigenvalue weighted by Gasteiger charge is -2.18. The molecule has 0 saturated carbocycles. The third kappa shape index (κ3) is 2.34. The molecule has 0 aromatic heterocycles. The van der Waals surface area contributed by atoms with Gasteiger partial charge in [0.15, 0.2) is 58.2 Å². The van der Waals surface area contributed by atoms with Crippen LogP contribution >= 0.6 is 0 Å². The molecule has 1 aliphatic rings. The summed E-state index contributed by atoms with van der Waals surface area (Å²) in [6.45, 7) is 0. The van der Waals surface area contributed by atoms with Crippen LogP contribution in [0.3, 0.4) is 0 Å². The summed E-state index contributed by atoms with van der Waals surface area (Å²) in [5, 5.41) is 0. The van der Waals surface area contributed by atoms with Crippen LogP contribution in [-0.2, 0) is 0 Å². The normalized spacial score (nSPS) is 13.0. The fraction of sp³-hybridized carbons (Fsp3) is 0.0526. The Morgan fingerprint density at radius 2 is 0.733 bits per heavy atom. The van der Waals surface area contributed by atoms with Gasteiger partial charge in [0.1, 0.15) is 5.82 Å². The lowest BCUT2D eigenvalue weighted by Crippen LogP contribution is -2.13. The van der Waals surface area contributed by atoms with Gasteiger partial charge >= 0.3 is 0 Å². The van der Waals surface area contributed by atoms with Gasteiger partial charge in [-0.1, -0.05) is 0 Å². The van der Waals surface area contributed by atoms with Crippen molar-refractivity contribution >= 4 is 0 Å². The summed E-state index contributed by atoms with van der Waals surface area (Å²) in [4.78, 5) is 0. The molecule has 0 spiro atoms. The van der Waals surface area contributed by atoms with Gasteiger partial charge in [0.05, 0.1) is 0 Å². The van der Waals surface area contributed by atoms with Gasteiger partial charge in [0, 0.05) is 33.7 Å². The van der Waals surface area contributed by atoms with Crippen molar-refractivity contribution in [2.75, 3.05) is 0 Å². The maximum atomic E-state index is 14.5. The fourth-order valence-electron chi connectivity index (χ4n) is 3.57. The maximum Gasteiger partial charge on any atom is 0.198 e. The topological polar surface area (TPSA) is 0 Å². The maximum absolute atomic E-state index is 14.5. The summed E-state index contributed by atoms with van der Waals surface area (Å²) in [5.41, 5.74) is -7.95. The minimum atomic E-state index is -2.71. The smallest absolute Gasteiger partial charge is 0.198 e. The Bertz CT molecular complexity index is 1190. The number of fused-ring (bicyclic) bond motifs is 3. The van der Waals surface area contributed by atoms with Crippen molar-refractivity contribution in [3.63, 3.8) is 0 Å². The summed E-state index contributed by atoms with van der Waals surface area (Å²) in [6, 6.07) is 0.531. The third-order valence-electron chi connectivity index (χ3n) is 4.80. The second-order valence-electron chi connectivity index (χ2n) is 6.28. The molecule has 1 aliphatic carbocycles. The van der Waals surface area contributed by atoms with Gasteiger partial charge in [-0.2, -0.15) is 0 Å². The van der Waals surface area contributed by atoms with Crippen LogP contribution in [0.1, 0.15) is 22.6 Å². The molecule has 0 fully saturated rings.